The summed E-state index contributed by atoms with van der Waals surface area (Å²) in [4.78, 5) is 23.4. The van der Waals surface area contributed by atoms with Gasteiger partial charge in [-0.3, -0.25) is 4.79 Å². The van der Waals surface area contributed by atoms with Crippen molar-refractivity contribution in [3.8, 4) is 0 Å². The van der Waals surface area contributed by atoms with Gasteiger partial charge < -0.3 is 20.1 Å². The number of amides is 2. The molecule has 0 heterocycles. The van der Waals surface area contributed by atoms with Gasteiger partial charge in [0.05, 0.1) is 6.61 Å². The van der Waals surface area contributed by atoms with Gasteiger partial charge >= 0.3 is 6.09 Å². The predicted molar refractivity (Wildman–Crippen MR) is 98.4 cm³/mol. The molecule has 1 aromatic rings. The normalized spacial score (nSPS) is 11.2. The number of ether oxygens (including phenoxy) is 2. The summed E-state index contributed by atoms with van der Waals surface area (Å²) in [6.45, 7) is 9.98. The summed E-state index contributed by atoms with van der Waals surface area (Å²) in [6.07, 6.45) is -0.499. The van der Waals surface area contributed by atoms with Crippen molar-refractivity contribution in [2.24, 2.45) is 0 Å². The molecular weight excluding hydrogens is 308 g/mol. The van der Waals surface area contributed by atoms with E-state index in [1.165, 1.54) is 0 Å². The third-order valence-electron chi connectivity index (χ3n) is 3.00. The van der Waals surface area contributed by atoms with Gasteiger partial charge in [0.25, 0.3) is 0 Å². The van der Waals surface area contributed by atoms with Crippen LogP contribution in [0, 0.1) is 0 Å². The molecule has 0 bridgehead atoms. The fourth-order valence-corrected chi connectivity index (χ4v) is 2.00. The van der Waals surface area contributed by atoms with Crippen molar-refractivity contribution in [1.29, 1.82) is 0 Å². The van der Waals surface area contributed by atoms with E-state index in [0.717, 1.165) is 11.3 Å². The van der Waals surface area contributed by atoms with E-state index in [9.17, 15) is 9.59 Å². The predicted octanol–water partition coefficient (Wildman–Crippen LogP) is 3.78. The van der Waals surface area contributed by atoms with Crippen molar-refractivity contribution in [3.63, 3.8) is 0 Å². The standard InChI is InChI=1S/C18H28N2O4.2H2/c1-13(2)14-8-6-7-9-15(14)20-16(21)12-23-11-10-19-17(22)24-18(3,4)5;;/h6-9,13H,10-12H2,1-5H3,(H,19,22)(H,20,21);2*1H. The summed E-state index contributed by atoms with van der Waals surface area (Å²) in [6, 6.07) is 7.69. The monoisotopic (exact) mass is 340 g/mol. The van der Waals surface area contributed by atoms with Crippen LogP contribution in [0.5, 0.6) is 0 Å². The number of anilines is 1. The van der Waals surface area contributed by atoms with E-state index in [-0.39, 0.29) is 28.5 Å². The van der Waals surface area contributed by atoms with E-state index in [1.54, 1.807) is 20.8 Å². The van der Waals surface area contributed by atoms with Crippen LogP contribution in [0.1, 0.15) is 49.0 Å². The minimum absolute atomic E-state index is 0. The van der Waals surface area contributed by atoms with Crippen LogP contribution >= 0.6 is 0 Å². The molecule has 0 radical (unpaired) electrons. The number of para-hydroxylation sites is 1. The number of benzene rings is 1. The SMILES string of the molecule is CC(C)c1ccccc1NC(=O)COCCNC(=O)OC(C)(C)C.[HH].[HH]. The molecule has 0 fully saturated rings. The Hall–Kier alpha value is -2.08. The molecule has 2 N–H and O–H groups in total. The van der Waals surface area contributed by atoms with E-state index in [2.05, 4.69) is 24.5 Å². The molecule has 0 unspecified atom stereocenters. The largest absolute Gasteiger partial charge is 0.444 e. The van der Waals surface area contributed by atoms with Gasteiger partial charge in [0.15, 0.2) is 0 Å². The lowest BCUT2D eigenvalue weighted by molar-refractivity contribution is -0.120. The lowest BCUT2D eigenvalue weighted by atomic mass is 10.0. The molecule has 6 nitrogen and oxygen atoms in total. The first kappa shape index (κ1) is 20.0. The van der Waals surface area contributed by atoms with E-state index in [0.29, 0.717) is 5.92 Å². The maximum Gasteiger partial charge on any atom is 0.407 e. The van der Waals surface area contributed by atoms with Crippen LogP contribution in [0.3, 0.4) is 0 Å². The number of nitrogens with one attached hydrogen (secondary N) is 2. The first-order valence-corrected chi connectivity index (χ1v) is 8.12. The second-order valence-electron chi connectivity index (χ2n) is 6.77. The quantitative estimate of drug-likeness (QED) is 0.741. The van der Waals surface area contributed by atoms with Crippen molar-refractivity contribution in [2.75, 3.05) is 25.1 Å². The Morgan fingerprint density at radius 2 is 1.88 bits per heavy atom. The van der Waals surface area contributed by atoms with Crippen molar-refractivity contribution in [1.82, 2.24) is 5.32 Å². The number of hydrogen-bond donors (Lipinski definition) is 2. The molecule has 0 aliphatic heterocycles. The number of rotatable bonds is 7. The van der Waals surface area contributed by atoms with Crippen LogP contribution in [0.2, 0.25) is 0 Å². The van der Waals surface area contributed by atoms with Gasteiger partial charge in [-0.05, 0) is 38.3 Å². The van der Waals surface area contributed by atoms with Crippen LogP contribution in [-0.2, 0) is 14.3 Å². The summed E-state index contributed by atoms with van der Waals surface area (Å²) in [5.74, 6) is 0.0980. The van der Waals surface area contributed by atoms with Gasteiger partial charge in [-0.25, -0.2) is 4.79 Å². The minimum Gasteiger partial charge on any atom is -0.444 e. The zero-order valence-electron chi connectivity index (χ0n) is 15.1. The Morgan fingerprint density at radius 1 is 1.21 bits per heavy atom. The van der Waals surface area contributed by atoms with Crippen LogP contribution in [0.4, 0.5) is 10.5 Å². The van der Waals surface area contributed by atoms with Crippen molar-refractivity contribution in [3.05, 3.63) is 29.8 Å². The van der Waals surface area contributed by atoms with E-state index >= 15 is 0 Å². The molecule has 24 heavy (non-hydrogen) atoms. The molecule has 0 aliphatic carbocycles. The highest BCUT2D eigenvalue weighted by atomic mass is 16.6. The first-order valence-electron chi connectivity index (χ1n) is 8.12. The second-order valence-corrected chi connectivity index (χ2v) is 6.77. The van der Waals surface area contributed by atoms with Gasteiger partial charge in [-0.1, -0.05) is 32.0 Å². The third kappa shape index (κ3) is 7.97. The van der Waals surface area contributed by atoms with Gasteiger partial charge in [0.2, 0.25) is 5.91 Å². The Balaban J connectivity index is 0. The Morgan fingerprint density at radius 3 is 2.50 bits per heavy atom. The van der Waals surface area contributed by atoms with Crippen LogP contribution in [0.15, 0.2) is 24.3 Å². The van der Waals surface area contributed by atoms with Crippen LogP contribution in [0.25, 0.3) is 0 Å². The molecule has 1 rings (SSSR count). The highest BCUT2D eigenvalue weighted by molar-refractivity contribution is 5.92. The molecule has 0 atom stereocenters. The number of alkyl carbamates (subject to hydrolysis) is 1. The van der Waals surface area contributed by atoms with Gasteiger partial charge in [-0.15, -0.1) is 0 Å². The van der Waals surface area contributed by atoms with Gasteiger partial charge in [0, 0.05) is 15.1 Å². The Kier molecular flexibility index (Phi) is 7.71. The molecule has 2 amide bonds. The molecule has 1 aromatic carbocycles. The maximum atomic E-state index is 11.9. The summed E-state index contributed by atoms with van der Waals surface area (Å²) in [5.41, 5.74) is 1.35. The average molecular weight is 340 g/mol. The zero-order chi connectivity index (χ0) is 18.2. The van der Waals surface area contributed by atoms with Crippen molar-refractivity contribution >= 4 is 17.7 Å². The Bertz CT molecular complexity index is 560. The smallest absolute Gasteiger partial charge is 0.407 e. The van der Waals surface area contributed by atoms with Gasteiger partial charge in [0.1, 0.15) is 12.2 Å². The first-order chi connectivity index (χ1) is 11.2. The summed E-state index contributed by atoms with van der Waals surface area (Å²) in [5, 5.41) is 5.42. The fourth-order valence-electron chi connectivity index (χ4n) is 2.00. The molecule has 0 aromatic heterocycles. The fraction of sp³-hybridized carbons (Fsp3) is 0.556. The summed E-state index contributed by atoms with van der Waals surface area (Å²) < 4.78 is 10.4. The lowest BCUT2D eigenvalue weighted by Gasteiger charge is -2.19. The molecule has 0 saturated heterocycles. The van der Waals surface area contributed by atoms with Crippen molar-refractivity contribution < 1.29 is 21.9 Å². The van der Waals surface area contributed by atoms with Gasteiger partial charge in [-0.2, -0.15) is 0 Å². The molecule has 0 spiro atoms. The van der Waals surface area contributed by atoms with E-state index in [4.69, 9.17) is 9.47 Å². The zero-order valence-corrected chi connectivity index (χ0v) is 15.1. The summed E-state index contributed by atoms with van der Waals surface area (Å²) in [7, 11) is 0. The lowest BCUT2D eigenvalue weighted by Crippen LogP contribution is -2.34. The minimum atomic E-state index is -0.533. The molecule has 0 saturated carbocycles. The number of hydrogen-bond acceptors (Lipinski definition) is 4. The van der Waals surface area contributed by atoms with Crippen LogP contribution in [-0.4, -0.2) is 37.4 Å². The molecule has 0 aliphatic rings. The highest BCUT2D eigenvalue weighted by Gasteiger charge is 2.15. The third-order valence-corrected chi connectivity index (χ3v) is 3.00. The molecule has 6 heteroatoms. The highest BCUT2D eigenvalue weighted by Crippen LogP contribution is 2.23. The van der Waals surface area contributed by atoms with Crippen LogP contribution < -0.4 is 10.6 Å². The van der Waals surface area contributed by atoms with E-state index < -0.39 is 11.7 Å². The number of carbonyl (C=O) groups excluding carboxylic acids is 2. The van der Waals surface area contributed by atoms with E-state index in [1.807, 2.05) is 24.3 Å². The topological polar surface area (TPSA) is 76.7 Å². The number of carbonyl (C=O) groups is 2. The molecular formula is C18H32N2O4. The Labute approximate surface area is 146 Å². The average Bonchev–Trinajstić information content (AvgIpc) is 2.45. The maximum absolute atomic E-state index is 11.9. The second kappa shape index (κ2) is 9.27. The molecule has 138 valence electrons. The van der Waals surface area contributed by atoms with Crippen molar-refractivity contribution in [2.45, 2.75) is 46.1 Å². The summed E-state index contributed by atoms with van der Waals surface area (Å²) >= 11 is 0.